The molecule has 0 atom stereocenters. The van der Waals surface area contributed by atoms with Crippen molar-refractivity contribution in [3.63, 3.8) is 0 Å². The molecule has 27 heavy (non-hydrogen) atoms. The van der Waals surface area contributed by atoms with Crippen LogP contribution in [0.5, 0.6) is 0 Å². The van der Waals surface area contributed by atoms with Crippen LogP contribution < -0.4 is 10.2 Å². The van der Waals surface area contributed by atoms with Crippen LogP contribution >= 0.6 is 0 Å². The number of rotatable bonds is 4. The van der Waals surface area contributed by atoms with Gasteiger partial charge in [0.2, 0.25) is 0 Å². The van der Waals surface area contributed by atoms with Crippen molar-refractivity contribution in [1.82, 2.24) is 14.7 Å². The van der Waals surface area contributed by atoms with Gasteiger partial charge in [-0.2, -0.15) is 10.4 Å². The molecule has 10 nitrogen and oxygen atoms in total. The number of nitro groups is 1. The van der Waals surface area contributed by atoms with Crippen LogP contribution in [0.2, 0.25) is 0 Å². The molecule has 3 rings (SSSR count). The minimum absolute atomic E-state index is 0.113. The second-order valence-electron chi connectivity index (χ2n) is 6.35. The average Bonchev–Trinajstić information content (AvgIpc) is 3.01. The summed E-state index contributed by atoms with van der Waals surface area (Å²) < 4.78 is 1.36. The highest BCUT2D eigenvalue weighted by Crippen LogP contribution is 2.30. The summed E-state index contributed by atoms with van der Waals surface area (Å²) >= 11 is 0. The highest BCUT2D eigenvalue weighted by Gasteiger charge is 2.24. The van der Waals surface area contributed by atoms with Gasteiger partial charge in [0.15, 0.2) is 0 Å². The molecular formula is C17H19N7O3. The minimum Gasteiger partial charge on any atom is -0.363 e. The van der Waals surface area contributed by atoms with Crippen LogP contribution in [-0.2, 0) is 7.05 Å². The number of anilines is 2. The number of aromatic nitrogens is 2. The number of hydrogen-bond donors (Lipinski definition) is 1. The smallest absolute Gasteiger partial charge is 0.293 e. The zero-order valence-electron chi connectivity index (χ0n) is 15.0. The third kappa shape index (κ3) is 3.73. The molecule has 1 aromatic carbocycles. The molecule has 1 amide bonds. The second kappa shape index (κ2) is 7.43. The number of aryl methyl sites for hydroxylation is 1. The molecule has 0 aliphatic carbocycles. The fourth-order valence-corrected chi connectivity index (χ4v) is 2.97. The third-order valence-corrected chi connectivity index (χ3v) is 4.57. The van der Waals surface area contributed by atoms with Crippen molar-refractivity contribution in [2.75, 3.05) is 43.4 Å². The number of nitro benzene ring substituents is 1. The van der Waals surface area contributed by atoms with Crippen molar-refractivity contribution < 1.29 is 9.72 Å². The van der Waals surface area contributed by atoms with Gasteiger partial charge in [-0.15, -0.1) is 0 Å². The van der Waals surface area contributed by atoms with Crippen LogP contribution in [0.4, 0.5) is 17.2 Å². The summed E-state index contributed by atoms with van der Waals surface area (Å²) in [6, 6.07) is 6.37. The molecule has 1 fully saturated rings. The number of carbonyl (C=O) groups excluding carboxylic acids is 1. The van der Waals surface area contributed by atoms with E-state index in [1.165, 1.54) is 16.9 Å². The molecule has 10 heteroatoms. The number of nitrogens with one attached hydrogen (secondary N) is 1. The zero-order chi connectivity index (χ0) is 19.6. The van der Waals surface area contributed by atoms with Crippen molar-refractivity contribution in [1.29, 1.82) is 5.26 Å². The van der Waals surface area contributed by atoms with Gasteiger partial charge in [-0.05, 0) is 19.2 Å². The number of benzene rings is 1. The lowest BCUT2D eigenvalue weighted by atomic mass is 10.1. The predicted molar refractivity (Wildman–Crippen MR) is 98.7 cm³/mol. The van der Waals surface area contributed by atoms with Gasteiger partial charge in [-0.1, -0.05) is 0 Å². The molecule has 0 saturated carbocycles. The van der Waals surface area contributed by atoms with Crippen molar-refractivity contribution in [2.45, 2.75) is 0 Å². The summed E-state index contributed by atoms with van der Waals surface area (Å²) in [5.41, 5.74) is 0.750. The van der Waals surface area contributed by atoms with E-state index in [9.17, 15) is 14.9 Å². The summed E-state index contributed by atoms with van der Waals surface area (Å²) in [6.45, 7) is 3.00. The summed E-state index contributed by atoms with van der Waals surface area (Å²) in [5.74, 6) is -0.295. The zero-order valence-corrected chi connectivity index (χ0v) is 15.0. The van der Waals surface area contributed by atoms with E-state index < -0.39 is 10.8 Å². The highest BCUT2D eigenvalue weighted by atomic mass is 16.6. The summed E-state index contributed by atoms with van der Waals surface area (Å²) in [7, 11) is 3.60. The maximum absolute atomic E-state index is 12.5. The lowest BCUT2D eigenvalue weighted by Crippen LogP contribution is -2.44. The summed E-state index contributed by atoms with van der Waals surface area (Å²) in [5, 5.41) is 27.1. The maximum Gasteiger partial charge on any atom is 0.293 e. The normalized spacial score (nSPS) is 14.6. The number of likely N-dealkylation sites (N-methyl/N-ethyl adjacent to an activating group) is 1. The van der Waals surface area contributed by atoms with Crippen LogP contribution in [0.25, 0.3) is 0 Å². The Bertz CT molecular complexity index is 923. The Labute approximate surface area is 155 Å². The van der Waals surface area contributed by atoms with Crippen molar-refractivity contribution in [3.05, 3.63) is 45.6 Å². The van der Waals surface area contributed by atoms with Crippen LogP contribution in [0, 0.1) is 21.4 Å². The molecule has 1 saturated heterocycles. The van der Waals surface area contributed by atoms with Crippen molar-refractivity contribution >= 4 is 23.1 Å². The standard InChI is InChI=1S/C17H19N7O3/c1-21-5-7-23(8-6-21)14-4-3-12(9-15(14)24(26)27)17(25)20-16-13(10-18)11-19-22(16)2/h3-4,9,11H,5-8H2,1-2H3,(H,20,25). The van der Waals surface area contributed by atoms with Gasteiger partial charge >= 0.3 is 0 Å². The van der Waals surface area contributed by atoms with E-state index in [1.807, 2.05) is 18.0 Å². The number of nitrogens with zero attached hydrogens (tertiary/aromatic N) is 6. The predicted octanol–water partition coefficient (Wildman–Crippen LogP) is 1.20. The van der Waals surface area contributed by atoms with E-state index in [0.29, 0.717) is 18.8 Å². The molecule has 0 unspecified atom stereocenters. The Balaban J connectivity index is 1.87. The quantitative estimate of drug-likeness (QED) is 0.635. The molecule has 1 aliphatic rings. The number of piperazine rings is 1. The van der Waals surface area contributed by atoms with E-state index in [4.69, 9.17) is 5.26 Å². The first kappa shape index (κ1) is 18.3. The summed E-state index contributed by atoms with van der Waals surface area (Å²) in [6.07, 6.45) is 1.34. The Kier molecular flexibility index (Phi) is 5.05. The first-order valence-electron chi connectivity index (χ1n) is 8.36. The second-order valence-corrected chi connectivity index (χ2v) is 6.35. The molecule has 1 aromatic heterocycles. The fourth-order valence-electron chi connectivity index (χ4n) is 2.97. The van der Waals surface area contributed by atoms with Gasteiger partial charge in [0, 0.05) is 44.9 Å². The number of amides is 1. The SMILES string of the molecule is CN1CCN(c2ccc(C(=O)Nc3c(C#N)cnn3C)cc2[N+](=O)[O-])CC1. The topological polar surface area (TPSA) is 120 Å². The van der Waals surface area contributed by atoms with E-state index >= 15 is 0 Å². The Morgan fingerprint density at radius 2 is 2.00 bits per heavy atom. The van der Waals surface area contributed by atoms with E-state index in [2.05, 4.69) is 15.3 Å². The molecule has 2 aromatic rings. The lowest BCUT2D eigenvalue weighted by Gasteiger charge is -2.33. The van der Waals surface area contributed by atoms with Crippen molar-refractivity contribution in [2.24, 2.45) is 7.05 Å². The first-order valence-corrected chi connectivity index (χ1v) is 8.36. The maximum atomic E-state index is 12.5. The monoisotopic (exact) mass is 369 g/mol. The van der Waals surface area contributed by atoms with Crippen LogP contribution in [0.15, 0.2) is 24.4 Å². The van der Waals surface area contributed by atoms with Crippen molar-refractivity contribution in [3.8, 4) is 6.07 Å². The van der Waals surface area contributed by atoms with Gasteiger partial charge in [-0.25, -0.2) is 0 Å². The average molecular weight is 369 g/mol. The number of carbonyl (C=O) groups is 1. The number of nitriles is 1. The third-order valence-electron chi connectivity index (χ3n) is 4.57. The molecule has 0 bridgehead atoms. The molecule has 2 heterocycles. The van der Waals surface area contributed by atoms with Crippen LogP contribution in [-0.4, -0.2) is 58.7 Å². The lowest BCUT2D eigenvalue weighted by molar-refractivity contribution is -0.384. The molecular weight excluding hydrogens is 350 g/mol. The van der Waals surface area contributed by atoms with E-state index in [-0.39, 0.29) is 22.6 Å². The minimum atomic E-state index is -0.539. The Morgan fingerprint density at radius 3 is 2.63 bits per heavy atom. The first-order chi connectivity index (χ1) is 12.9. The van der Waals surface area contributed by atoms with E-state index in [1.54, 1.807) is 19.2 Å². The number of hydrogen-bond acceptors (Lipinski definition) is 7. The summed E-state index contributed by atoms with van der Waals surface area (Å²) in [4.78, 5) is 27.7. The van der Waals surface area contributed by atoms with E-state index in [0.717, 1.165) is 13.1 Å². The highest BCUT2D eigenvalue weighted by molar-refractivity contribution is 6.05. The Morgan fingerprint density at radius 1 is 1.30 bits per heavy atom. The van der Waals surface area contributed by atoms with Crippen LogP contribution in [0.3, 0.4) is 0 Å². The van der Waals surface area contributed by atoms with Gasteiger partial charge in [-0.3, -0.25) is 19.6 Å². The van der Waals surface area contributed by atoms with Gasteiger partial charge in [0.05, 0.1) is 11.1 Å². The molecule has 0 spiro atoms. The molecule has 140 valence electrons. The van der Waals surface area contributed by atoms with Crippen LogP contribution in [0.1, 0.15) is 15.9 Å². The molecule has 1 aliphatic heterocycles. The van der Waals surface area contributed by atoms with Gasteiger partial charge in [0.25, 0.3) is 11.6 Å². The fraction of sp³-hybridized carbons (Fsp3) is 0.353. The largest absolute Gasteiger partial charge is 0.363 e. The van der Waals surface area contributed by atoms with Gasteiger partial charge < -0.3 is 15.1 Å². The molecule has 1 N–H and O–H groups in total. The molecule has 0 radical (unpaired) electrons. The van der Waals surface area contributed by atoms with Gasteiger partial charge in [0.1, 0.15) is 23.1 Å². The Hall–Kier alpha value is -3.45.